The van der Waals surface area contributed by atoms with Crippen molar-refractivity contribution in [1.82, 2.24) is 20.2 Å². The summed E-state index contributed by atoms with van der Waals surface area (Å²) in [5.41, 5.74) is 0.822. The summed E-state index contributed by atoms with van der Waals surface area (Å²) in [5, 5.41) is 5.85. The average molecular weight is 249 g/mol. The van der Waals surface area contributed by atoms with Gasteiger partial charge in [0.25, 0.3) is 5.91 Å². The van der Waals surface area contributed by atoms with Crippen molar-refractivity contribution >= 4 is 11.9 Å². The van der Waals surface area contributed by atoms with Gasteiger partial charge in [0.05, 0.1) is 18.2 Å². The molecule has 1 aliphatic rings. The number of nitrogens with one attached hydrogen (secondary N) is 2. The summed E-state index contributed by atoms with van der Waals surface area (Å²) < 4.78 is 1.96. The molecule has 1 atom stereocenters. The molecule has 1 aromatic rings. The van der Waals surface area contributed by atoms with Gasteiger partial charge in [0.1, 0.15) is 0 Å². The van der Waals surface area contributed by atoms with Crippen LogP contribution < -0.4 is 10.6 Å². The fourth-order valence-corrected chi connectivity index (χ4v) is 1.91. The van der Waals surface area contributed by atoms with Crippen molar-refractivity contribution in [3.63, 3.8) is 0 Å². The van der Waals surface area contributed by atoms with Crippen LogP contribution in [-0.2, 0) is 4.79 Å². The van der Waals surface area contributed by atoms with Gasteiger partial charge in [0.2, 0.25) is 0 Å². The Morgan fingerprint density at radius 2 is 2.11 bits per heavy atom. The minimum atomic E-state index is -0.504. The molecule has 6 nitrogen and oxygen atoms in total. The number of amides is 1. The van der Waals surface area contributed by atoms with E-state index in [2.05, 4.69) is 34.5 Å². The van der Waals surface area contributed by atoms with Crippen LogP contribution in [0, 0.1) is 0 Å². The zero-order valence-electron chi connectivity index (χ0n) is 11.1. The maximum atomic E-state index is 11.9. The van der Waals surface area contributed by atoms with Crippen LogP contribution >= 0.6 is 0 Å². The molecule has 2 N–H and O–H groups in total. The monoisotopic (exact) mass is 249 g/mol. The molecule has 0 radical (unpaired) electrons. The lowest BCUT2D eigenvalue weighted by atomic mass is 10.2. The summed E-state index contributed by atoms with van der Waals surface area (Å²) in [6, 6.07) is -0.0124. The summed E-state index contributed by atoms with van der Waals surface area (Å²) in [5.74, 6) is 0.428. The summed E-state index contributed by atoms with van der Waals surface area (Å²) in [4.78, 5) is 20.4. The van der Waals surface area contributed by atoms with Crippen LogP contribution in [0.15, 0.2) is 17.5 Å². The summed E-state index contributed by atoms with van der Waals surface area (Å²) in [6.07, 6.45) is 3.43. The first-order chi connectivity index (χ1) is 8.49. The first-order valence-corrected chi connectivity index (χ1v) is 6.16. The molecule has 1 amide bonds. The van der Waals surface area contributed by atoms with E-state index in [4.69, 9.17) is 0 Å². The Bertz CT molecular complexity index is 475. The standard InChI is InChI=1S/C12H19N5O/c1-7(2)14-12-15-10(11(18)16-12)9-5-13-6-17(9)8(3)4/h5-8,10H,1-4H3,(H2,14,15,16,18). The quantitative estimate of drug-likeness (QED) is 0.839. The smallest absolute Gasteiger partial charge is 0.257 e. The first kappa shape index (κ1) is 12.6. The van der Waals surface area contributed by atoms with Gasteiger partial charge in [-0.1, -0.05) is 0 Å². The molecule has 1 aliphatic heterocycles. The molecule has 0 aromatic carbocycles. The lowest BCUT2D eigenvalue weighted by Crippen LogP contribution is -2.40. The second kappa shape index (κ2) is 4.80. The largest absolute Gasteiger partial charge is 0.354 e. The Morgan fingerprint density at radius 1 is 1.39 bits per heavy atom. The number of imidazole rings is 1. The van der Waals surface area contributed by atoms with Crippen LogP contribution in [0.25, 0.3) is 0 Å². The molecule has 0 saturated heterocycles. The zero-order valence-corrected chi connectivity index (χ0v) is 11.1. The second-order valence-corrected chi connectivity index (χ2v) is 4.99. The van der Waals surface area contributed by atoms with Crippen molar-refractivity contribution in [3.05, 3.63) is 18.2 Å². The number of nitrogens with zero attached hydrogens (tertiary/aromatic N) is 3. The normalized spacial score (nSPS) is 19.3. The molecule has 98 valence electrons. The second-order valence-electron chi connectivity index (χ2n) is 4.99. The molecule has 1 aromatic heterocycles. The number of carbonyl (C=O) groups excluding carboxylic acids is 1. The first-order valence-electron chi connectivity index (χ1n) is 6.16. The molecule has 1 unspecified atom stereocenters. The maximum Gasteiger partial charge on any atom is 0.257 e. The van der Waals surface area contributed by atoms with Crippen molar-refractivity contribution in [2.24, 2.45) is 4.99 Å². The van der Waals surface area contributed by atoms with Gasteiger partial charge in [-0.15, -0.1) is 0 Å². The number of hydrogen-bond acceptors (Lipinski definition) is 4. The predicted octanol–water partition coefficient (Wildman–Crippen LogP) is 0.989. The lowest BCUT2D eigenvalue weighted by Gasteiger charge is -2.13. The molecule has 0 bridgehead atoms. The molecule has 18 heavy (non-hydrogen) atoms. The van der Waals surface area contributed by atoms with E-state index in [-0.39, 0.29) is 18.0 Å². The molecule has 0 aliphatic carbocycles. The van der Waals surface area contributed by atoms with E-state index in [1.807, 2.05) is 18.4 Å². The van der Waals surface area contributed by atoms with E-state index < -0.39 is 6.04 Å². The Morgan fingerprint density at radius 3 is 2.72 bits per heavy atom. The Balaban J connectivity index is 2.25. The van der Waals surface area contributed by atoms with Crippen LogP contribution in [-0.4, -0.2) is 27.5 Å². The van der Waals surface area contributed by atoms with Gasteiger partial charge in [-0.25, -0.2) is 9.98 Å². The summed E-state index contributed by atoms with van der Waals surface area (Å²) >= 11 is 0. The third kappa shape index (κ3) is 2.37. The van der Waals surface area contributed by atoms with Gasteiger partial charge < -0.3 is 9.88 Å². The number of aromatic nitrogens is 2. The number of carbonyl (C=O) groups is 1. The zero-order chi connectivity index (χ0) is 13.3. The highest BCUT2D eigenvalue weighted by molar-refractivity contribution is 6.05. The fourth-order valence-electron chi connectivity index (χ4n) is 1.91. The van der Waals surface area contributed by atoms with Crippen molar-refractivity contribution in [2.75, 3.05) is 0 Å². The molecule has 0 saturated carbocycles. The molecular formula is C12H19N5O. The third-order valence-corrected chi connectivity index (χ3v) is 2.71. The summed E-state index contributed by atoms with van der Waals surface area (Å²) in [6.45, 7) is 8.10. The Labute approximate surface area is 107 Å². The van der Waals surface area contributed by atoms with E-state index in [1.54, 1.807) is 12.5 Å². The Hall–Kier alpha value is -1.85. The van der Waals surface area contributed by atoms with Crippen LogP contribution in [0.1, 0.15) is 45.5 Å². The molecule has 2 rings (SSSR count). The highest BCUT2D eigenvalue weighted by Gasteiger charge is 2.30. The lowest BCUT2D eigenvalue weighted by molar-refractivity contribution is -0.120. The van der Waals surface area contributed by atoms with Gasteiger partial charge in [0, 0.05) is 12.1 Å². The SMILES string of the molecule is CC(C)NC1=NC(c2cncn2C(C)C)C(=O)N1. The Kier molecular flexibility index (Phi) is 3.36. The van der Waals surface area contributed by atoms with E-state index in [1.165, 1.54) is 0 Å². The van der Waals surface area contributed by atoms with Gasteiger partial charge in [0.15, 0.2) is 12.0 Å². The van der Waals surface area contributed by atoms with Gasteiger partial charge >= 0.3 is 0 Å². The van der Waals surface area contributed by atoms with Crippen molar-refractivity contribution in [2.45, 2.75) is 45.8 Å². The van der Waals surface area contributed by atoms with E-state index in [0.717, 1.165) is 5.69 Å². The van der Waals surface area contributed by atoms with Crippen LogP contribution in [0.4, 0.5) is 0 Å². The molecule has 6 heteroatoms. The third-order valence-electron chi connectivity index (χ3n) is 2.71. The number of aliphatic imine (C=N–C) groups is 1. The minimum Gasteiger partial charge on any atom is -0.354 e. The van der Waals surface area contributed by atoms with E-state index in [9.17, 15) is 4.79 Å². The molecule has 0 fully saturated rings. The highest BCUT2D eigenvalue weighted by Crippen LogP contribution is 2.23. The minimum absolute atomic E-state index is 0.111. The number of guanidine groups is 1. The van der Waals surface area contributed by atoms with Crippen molar-refractivity contribution in [1.29, 1.82) is 0 Å². The van der Waals surface area contributed by atoms with Crippen LogP contribution in [0.2, 0.25) is 0 Å². The molecule has 0 spiro atoms. The molecule has 2 heterocycles. The topological polar surface area (TPSA) is 71.3 Å². The average Bonchev–Trinajstić information content (AvgIpc) is 2.83. The number of hydrogen-bond donors (Lipinski definition) is 2. The van der Waals surface area contributed by atoms with Crippen molar-refractivity contribution in [3.8, 4) is 0 Å². The highest BCUT2D eigenvalue weighted by atomic mass is 16.2. The summed E-state index contributed by atoms with van der Waals surface area (Å²) in [7, 11) is 0. The number of rotatable bonds is 3. The van der Waals surface area contributed by atoms with Crippen LogP contribution in [0.3, 0.4) is 0 Å². The van der Waals surface area contributed by atoms with Gasteiger partial charge in [-0.3, -0.25) is 10.1 Å². The van der Waals surface area contributed by atoms with Gasteiger partial charge in [-0.05, 0) is 27.7 Å². The predicted molar refractivity (Wildman–Crippen MR) is 69.2 cm³/mol. The maximum absolute atomic E-state index is 11.9. The fraction of sp³-hybridized carbons (Fsp3) is 0.583. The molecular weight excluding hydrogens is 230 g/mol. The van der Waals surface area contributed by atoms with Gasteiger partial charge in [-0.2, -0.15) is 0 Å². The van der Waals surface area contributed by atoms with E-state index in [0.29, 0.717) is 5.96 Å². The van der Waals surface area contributed by atoms with Crippen molar-refractivity contribution < 1.29 is 4.79 Å². The van der Waals surface area contributed by atoms with E-state index >= 15 is 0 Å². The van der Waals surface area contributed by atoms with Crippen LogP contribution in [0.5, 0.6) is 0 Å².